The fourth-order valence-electron chi connectivity index (χ4n) is 3.30. The van der Waals surface area contributed by atoms with Gasteiger partial charge in [0.2, 0.25) is 5.91 Å². The smallest absolute Gasteiger partial charge is 0.261 e. The molecule has 1 amide bonds. The lowest BCUT2D eigenvalue weighted by Gasteiger charge is -2.18. The highest BCUT2D eigenvalue weighted by atomic mass is 32.2. The van der Waals surface area contributed by atoms with Gasteiger partial charge in [0.25, 0.3) is 10.0 Å². The van der Waals surface area contributed by atoms with Crippen LogP contribution in [0.1, 0.15) is 18.4 Å². The Hall–Kier alpha value is -2.54. The summed E-state index contributed by atoms with van der Waals surface area (Å²) in [4.78, 5) is 13.9. The van der Waals surface area contributed by atoms with Crippen molar-refractivity contribution in [3.63, 3.8) is 0 Å². The maximum absolute atomic E-state index is 12.6. The van der Waals surface area contributed by atoms with Gasteiger partial charge in [-0.1, -0.05) is 0 Å². The first kappa shape index (κ1) is 16.0. The first-order valence-corrected chi connectivity index (χ1v) is 9.80. The molecule has 2 aliphatic rings. The number of carbonyl (C=O) groups is 1. The molecule has 2 aliphatic heterocycles. The Kier molecular flexibility index (Phi) is 3.88. The average Bonchev–Trinajstić information content (AvgIpc) is 3.22. The van der Waals surface area contributed by atoms with Crippen LogP contribution < -0.4 is 14.9 Å². The van der Waals surface area contributed by atoms with Gasteiger partial charge in [-0.25, -0.2) is 8.42 Å². The van der Waals surface area contributed by atoms with Gasteiger partial charge in [0.05, 0.1) is 11.3 Å². The standard InChI is InChI=1S/C18H19N3O3S/c22-18-12-13-11-16(7-8-17(13)19-18)25(23,24)20-14-3-5-15(6-4-14)21-9-1-2-10-21/h3-8,11,20H,1-2,9-10,12H2,(H,19,22). The Balaban J connectivity index is 1.53. The third-order valence-electron chi connectivity index (χ3n) is 4.60. The zero-order chi connectivity index (χ0) is 17.4. The molecular formula is C18H19N3O3S. The molecule has 0 aliphatic carbocycles. The lowest BCUT2D eigenvalue weighted by molar-refractivity contribution is -0.115. The summed E-state index contributed by atoms with van der Waals surface area (Å²) in [6, 6.07) is 12.1. The van der Waals surface area contributed by atoms with Gasteiger partial charge >= 0.3 is 0 Å². The number of benzene rings is 2. The summed E-state index contributed by atoms with van der Waals surface area (Å²) in [5.74, 6) is -0.116. The van der Waals surface area contributed by atoms with E-state index in [0.29, 0.717) is 16.9 Å². The van der Waals surface area contributed by atoms with E-state index in [2.05, 4.69) is 14.9 Å². The van der Waals surface area contributed by atoms with Gasteiger partial charge in [-0.15, -0.1) is 0 Å². The van der Waals surface area contributed by atoms with E-state index >= 15 is 0 Å². The topological polar surface area (TPSA) is 78.5 Å². The number of hydrogen-bond donors (Lipinski definition) is 2. The first-order chi connectivity index (χ1) is 12.0. The van der Waals surface area contributed by atoms with Crippen molar-refractivity contribution in [2.75, 3.05) is 28.0 Å². The second-order valence-corrected chi connectivity index (χ2v) is 8.07. The molecule has 0 radical (unpaired) electrons. The van der Waals surface area contributed by atoms with Crippen molar-refractivity contribution in [2.24, 2.45) is 0 Å². The van der Waals surface area contributed by atoms with Crippen molar-refractivity contribution < 1.29 is 13.2 Å². The van der Waals surface area contributed by atoms with Crippen LogP contribution in [-0.4, -0.2) is 27.4 Å². The van der Waals surface area contributed by atoms with Crippen LogP contribution in [-0.2, 0) is 21.2 Å². The number of fused-ring (bicyclic) bond motifs is 1. The molecule has 0 bridgehead atoms. The highest BCUT2D eigenvalue weighted by molar-refractivity contribution is 7.92. The molecule has 0 saturated carbocycles. The zero-order valence-electron chi connectivity index (χ0n) is 13.7. The van der Waals surface area contributed by atoms with E-state index in [0.717, 1.165) is 18.8 Å². The molecule has 0 unspecified atom stereocenters. The van der Waals surface area contributed by atoms with E-state index in [1.807, 2.05) is 12.1 Å². The molecule has 4 rings (SSSR count). The average molecular weight is 357 g/mol. The predicted molar refractivity (Wildman–Crippen MR) is 97.5 cm³/mol. The third kappa shape index (κ3) is 3.19. The van der Waals surface area contributed by atoms with Crippen molar-refractivity contribution in [2.45, 2.75) is 24.2 Å². The Morgan fingerprint density at radius 3 is 2.44 bits per heavy atom. The van der Waals surface area contributed by atoms with Crippen LogP contribution in [0.25, 0.3) is 0 Å². The van der Waals surface area contributed by atoms with Crippen LogP contribution in [0.3, 0.4) is 0 Å². The van der Waals surface area contributed by atoms with E-state index in [-0.39, 0.29) is 17.2 Å². The number of sulfonamides is 1. The van der Waals surface area contributed by atoms with E-state index in [1.54, 1.807) is 24.3 Å². The lowest BCUT2D eigenvalue weighted by atomic mass is 10.2. The van der Waals surface area contributed by atoms with E-state index in [9.17, 15) is 13.2 Å². The van der Waals surface area contributed by atoms with Gasteiger partial charge in [0.1, 0.15) is 0 Å². The van der Waals surface area contributed by atoms with Crippen LogP contribution in [0.5, 0.6) is 0 Å². The minimum Gasteiger partial charge on any atom is -0.372 e. The van der Waals surface area contributed by atoms with Gasteiger partial charge in [-0.05, 0) is 60.9 Å². The van der Waals surface area contributed by atoms with Gasteiger partial charge in [0, 0.05) is 30.2 Å². The summed E-state index contributed by atoms with van der Waals surface area (Å²) < 4.78 is 27.8. The van der Waals surface area contributed by atoms with Gasteiger partial charge in [-0.3, -0.25) is 9.52 Å². The normalized spacial score (nSPS) is 16.6. The molecule has 7 heteroatoms. The lowest BCUT2D eigenvalue weighted by Crippen LogP contribution is -2.17. The Bertz CT molecular complexity index is 917. The summed E-state index contributed by atoms with van der Waals surface area (Å²) in [5, 5.41) is 2.70. The molecule has 2 N–H and O–H groups in total. The van der Waals surface area contributed by atoms with Crippen molar-refractivity contribution in [3.05, 3.63) is 48.0 Å². The minimum absolute atomic E-state index is 0.116. The highest BCUT2D eigenvalue weighted by Crippen LogP contribution is 2.27. The molecule has 1 fully saturated rings. The van der Waals surface area contributed by atoms with Crippen molar-refractivity contribution in [3.8, 4) is 0 Å². The van der Waals surface area contributed by atoms with Crippen molar-refractivity contribution in [1.82, 2.24) is 0 Å². The van der Waals surface area contributed by atoms with E-state index in [1.165, 1.54) is 18.9 Å². The van der Waals surface area contributed by atoms with Crippen LogP contribution in [0, 0.1) is 0 Å². The number of nitrogens with zero attached hydrogens (tertiary/aromatic N) is 1. The van der Waals surface area contributed by atoms with Crippen LogP contribution >= 0.6 is 0 Å². The molecule has 0 atom stereocenters. The second-order valence-electron chi connectivity index (χ2n) is 6.39. The monoisotopic (exact) mass is 357 g/mol. The molecule has 25 heavy (non-hydrogen) atoms. The molecule has 0 aromatic heterocycles. The van der Waals surface area contributed by atoms with E-state index < -0.39 is 10.0 Å². The summed E-state index contributed by atoms with van der Waals surface area (Å²) in [6.07, 6.45) is 2.61. The molecule has 1 saturated heterocycles. The first-order valence-electron chi connectivity index (χ1n) is 8.32. The number of carbonyl (C=O) groups excluding carboxylic acids is 1. The summed E-state index contributed by atoms with van der Waals surface area (Å²) in [5.41, 5.74) is 3.02. The third-order valence-corrected chi connectivity index (χ3v) is 5.98. The number of rotatable bonds is 4. The summed E-state index contributed by atoms with van der Waals surface area (Å²) in [6.45, 7) is 2.10. The maximum Gasteiger partial charge on any atom is 0.261 e. The Morgan fingerprint density at radius 2 is 1.72 bits per heavy atom. The Labute approximate surface area is 146 Å². The van der Waals surface area contributed by atoms with Gasteiger partial charge in [-0.2, -0.15) is 0 Å². The predicted octanol–water partition coefficient (Wildman–Crippen LogP) is 2.58. The van der Waals surface area contributed by atoms with Crippen molar-refractivity contribution >= 4 is 33.0 Å². The number of nitrogens with one attached hydrogen (secondary N) is 2. The van der Waals surface area contributed by atoms with Gasteiger partial charge < -0.3 is 10.2 Å². The molecule has 2 heterocycles. The largest absolute Gasteiger partial charge is 0.372 e. The molecule has 2 aromatic rings. The highest BCUT2D eigenvalue weighted by Gasteiger charge is 2.22. The zero-order valence-corrected chi connectivity index (χ0v) is 14.5. The molecule has 130 valence electrons. The minimum atomic E-state index is -3.69. The molecular weight excluding hydrogens is 338 g/mol. The quantitative estimate of drug-likeness (QED) is 0.882. The summed E-state index contributed by atoms with van der Waals surface area (Å²) >= 11 is 0. The molecule has 6 nitrogen and oxygen atoms in total. The fourth-order valence-corrected chi connectivity index (χ4v) is 4.41. The van der Waals surface area contributed by atoms with Crippen molar-refractivity contribution in [1.29, 1.82) is 0 Å². The maximum atomic E-state index is 12.6. The van der Waals surface area contributed by atoms with E-state index in [4.69, 9.17) is 0 Å². The second kappa shape index (κ2) is 6.07. The number of anilines is 3. The SMILES string of the molecule is O=C1Cc2cc(S(=O)(=O)Nc3ccc(N4CCCC4)cc3)ccc2N1. The molecule has 0 spiro atoms. The summed E-state index contributed by atoms with van der Waals surface area (Å²) in [7, 11) is -3.69. The van der Waals surface area contributed by atoms with Crippen LogP contribution in [0.2, 0.25) is 0 Å². The van der Waals surface area contributed by atoms with Crippen LogP contribution in [0.4, 0.5) is 17.1 Å². The van der Waals surface area contributed by atoms with Crippen LogP contribution in [0.15, 0.2) is 47.4 Å². The van der Waals surface area contributed by atoms with Gasteiger partial charge in [0.15, 0.2) is 0 Å². The molecule has 2 aromatic carbocycles. The number of hydrogen-bond acceptors (Lipinski definition) is 4. The number of amides is 1. The fraction of sp³-hybridized carbons (Fsp3) is 0.278. The Morgan fingerprint density at radius 1 is 1.00 bits per heavy atom.